The molecule has 1 aliphatic rings. The monoisotopic (exact) mass is 453 g/mol. The minimum Gasteiger partial charge on any atom is -0.444 e. The molecule has 4 rings (SSSR count). The van der Waals surface area contributed by atoms with Crippen LogP contribution in [-0.4, -0.2) is 51.7 Å². The molecule has 3 heterocycles. The van der Waals surface area contributed by atoms with E-state index in [1.54, 1.807) is 17.0 Å². The Hall–Kier alpha value is -3.00. The molecule has 1 aliphatic heterocycles. The molecule has 1 aromatic carbocycles. The number of ketones is 1. The smallest absolute Gasteiger partial charge is 0.410 e. The molecule has 1 amide bonds. The van der Waals surface area contributed by atoms with E-state index < -0.39 is 5.60 Å². The van der Waals surface area contributed by atoms with Crippen LogP contribution < -0.4 is 0 Å². The summed E-state index contributed by atoms with van der Waals surface area (Å²) in [5.41, 5.74) is 1.52. The van der Waals surface area contributed by atoms with Crippen LogP contribution in [0.5, 0.6) is 0 Å². The predicted molar refractivity (Wildman–Crippen MR) is 124 cm³/mol. The molecule has 0 saturated carbocycles. The van der Waals surface area contributed by atoms with E-state index >= 15 is 0 Å². The second-order valence-electron chi connectivity index (χ2n) is 9.17. The average molecular weight is 454 g/mol. The van der Waals surface area contributed by atoms with Crippen LogP contribution in [0.2, 0.25) is 0 Å². The SMILES string of the molecule is CC(C)(C)OC(=O)N1CCCC(CC(=O)c2ccc(C=O)c3nc(-c4cccs4)[nH]c23)C1. The van der Waals surface area contributed by atoms with Gasteiger partial charge in [0, 0.05) is 30.6 Å². The Balaban J connectivity index is 1.55. The molecule has 0 spiro atoms. The highest BCUT2D eigenvalue weighted by atomic mass is 32.1. The summed E-state index contributed by atoms with van der Waals surface area (Å²) in [7, 11) is 0. The van der Waals surface area contributed by atoms with Crippen LogP contribution in [0.3, 0.4) is 0 Å². The van der Waals surface area contributed by atoms with Crippen molar-refractivity contribution in [2.24, 2.45) is 5.92 Å². The first kappa shape index (κ1) is 22.2. The molecule has 0 aliphatic carbocycles. The number of carbonyl (C=O) groups excluding carboxylic acids is 3. The number of amides is 1. The first-order valence-electron chi connectivity index (χ1n) is 10.8. The number of aromatic amines is 1. The number of Topliss-reactive ketones (excluding diaryl/α,β-unsaturated/α-hetero) is 1. The van der Waals surface area contributed by atoms with Gasteiger partial charge in [-0.05, 0) is 63.1 Å². The minimum atomic E-state index is -0.549. The van der Waals surface area contributed by atoms with Crippen LogP contribution in [0, 0.1) is 5.92 Å². The van der Waals surface area contributed by atoms with Crippen LogP contribution in [0.15, 0.2) is 29.6 Å². The number of thiophene rings is 1. The Morgan fingerprint density at radius 1 is 1.31 bits per heavy atom. The third-order valence-electron chi connectivity index (χ3n) is 5.50. The van der Waals surface area contributed by atoms with Crippen molar-refractivity contribution in [2.75, 3.05) is 13.1 Å². The molecular formula is C24H27N3O4S. The van der Waals surface area contributed by atoms with Gasteiger partial charge in [0.05, 0.1) is 10.4 Å². The van der Waals surface area contributed by atoms with Gasteiger partial charge in [0.15, 0.2) is 12.1 Å². The van der Waals surface area contributed by atoms with Gasteiger partial charge in [0.2, 0.25) is 0 Å². The van der Waals surface area contributed by atoms with Gasteiger partial charge in [-0.2, -0.15) is 0 Å². The number of hydrogen-bond acceptors (Lipinski definition) is 6. The van der Waals surface area contributed by atoms with E-state index in [-0.39, 0.29) is 17.8 Å². The van der Waals surface area contributed by atoms with E-state index in [4.69, 9.17) is 4.74 Å². The topological polar surface area (TPSA) is 92.4 Å². The fourth-order valence-corrected chi connectivity index (χ4v) is 4.74. The van der Waals surface area contributed by atoms with E-state index in [2.05, 4.69) is 9.97 Å². The van der Waals surface area contributed by atoms with Crippen LogP contribution in [-0.2, 0) is 4.74 Å². The number of rotatable bonds is 5. The van der Waals surface area contributed by atoms with Crippen molar-refractivity contribution >= 4 is 40.5 Å². The zero-order valence-corrected chi connectivity index (χ0v) is 19.3. The second kappa shape index (κ2) is 8.86. The lowest BCUT2D eigenvalue weighted by atomic mass is 9.90. The van der Waals surface area contributed by atoms with Crippen molar-refractivity contribution in [2.45, 2.75) is 45.6 Å². The Bertz CT molecular complexity index is 1140. The predicted octanol–water partition coefficient (Wildman–Crippen LogP) is 5.32. The molecule has 3 aromatic rings. The third-order valence-corrected chi connectivity index (χ3v) is 6.38. The van der Waals surface area contributed by atoms with Crippen molar-refractivity contribution in [1.82, 2.24) is 14.9 Å². The van der Waals surface area contributed by atoms with Gasteiger partial charge in [-0.25, -0.2) is 9.78 Å². The summed E-state index contributed by atoms with van der Waals surface area (Å²) in [5, 5.41) is 1.95. The molecule has 1 N–H and O–H groups in total. The number of aromatic nitrogens is 2. The number of piperidine rings is 1. The molecule has 32 heavy (non-hydrogen) atoms. The molecule has 168 valence electrons. The van der Waals surface area contributed by atoms with Crippen LogP contribution in [0.25, 0.3) is 21.7 Å². The lowest BCUT2D eigenvalue weighted by Crippen LogP contribution is -2.43. The standard InChI is InChI=1S/C24H27N3O4S/c1-24(2,3)31-23(30)27-10-4-6-15(13-27)12-18(29)17-9-8-16(14-28)20-21(17)26-22(25-20)19-7-5-11-32-19/h5,7-9,11,14-15H,4,6,10,12-13H2,1-3H3,(H,25,26). The highest BCUT2D eigenvalue weighted by molar-refractivity contribution is 7.13. The van der Waals surface area contributed by atoms with Gasteiger partial charge >= 0.3 is 6.09 Å². The lowest BCUT2D eigenvalue weighted by molar-refractivity contribution is 0.0161. The number of aldehydes is 1. The van der Waals surface area contributed by atoms with E-state index in [1.807, 2.05) is 38.3 Å². The number of H-pyrrole nitrogens is 1. The van der Waals surface area contributed by atoms with E-state index in [0.29, 0.717) is 47.5 Å². The number of hydrogen-bond donors (Lipinski definition) is 1. The number of imidazole rings is 1. The van der Waals surface area contributed by atoms with Crippen molar-refractivity contribution < 1.29 is 19.1 Å². The molecule has 1 fully saturated rings. The van der Waals surface area contributed by atoms with Gasteiger partial charge in [-0.1, -0.05) is 6.07 Å². The largest absolute Gasteiger partial charge is 0.444 e. The third kappa shape index (κ3) is 4.75. The van der Waals surface area contributed by atoms with Gasteiger partial charge < -0.3 is 14.6 Å². The highest BCUT2D eigenvalue weighted by Crippen LogP contribution is 2.30. The zero-order chi connectivity index (χ0) is 22.9. The number of nitrogens with one attached hydrogen (secondary N) is 1. The maximum Gasteiger partial charge on any atom is 0.410 e. The van der Waals surface area contributed by atoms with Gasteiger partial charge in [0.1, 0.15) is 16.9 Å². The average Bonchev–Trinajstić information content (AvgIpc) is 3.41. The number of likely N-dealkylation sites (tertiary alicyclic amines) is 1. The van der Waals surface area contributed by atoms with Crippen LogP contribution >= 0.6 is 11.3 Å². The van der Waals surface area contributed by atoms with Gasteiger partial charge in [-0.15, -0.1) is 11.3 Å². The van der Waals surface area contributed by atoms with E-state index in [1.165, 1.54) is 11.3 Å². The summed E-state index contributed by atoms with van der Waals surface area (Å²) in [5.74, 6) is 0.682. The number of fused-ring (bicyclic) bond motifs is 1. The summed E-state index contributed by atoms with van der Waals surface area (Å²) >= 11 is 1.54. The molecule has 0 radical (unpaired) electrons. The van der Waals surface area contributed by atoms with Crippen molar-refractivity contribution in [1.29, 1.82) is 0 Å². The van der Waals surface area contributed by atoms with E-state index in [9.17, 15) is 14.4 Å². The Morgan fingerprint density at radius 2 is 2.12 bits per heavy atom. The Morgan fingerprint density at radius 3 is 2.81 bits per heavy atom. The fraction of sp³-hybridized carbons (Fsp3) is 0.417. The molecule has 1 saturated heterocycles. The maximum atomic E-state index is 13.3. The summed E-state index contributed by atoms with van der Waals surface area (Å²) in [4.78, 5) is 47.7. The number of benzene rings is 1. The molecule has 1 unspecified atom stereocenters. The summed E-state index contributed by atoms with van der Waals surface area (Å²) in [6.45, 7) is 6.68. The first-order valence-corrected chi connectivity index (χ1v) is 11.7. The molecule has 2 aromatic heterocycles. The fourth-order valence-electron chi connectivity index (χ4n) is 4.07. The number of nitrogens with zero attached hydrogens (tertiary/aromatic N) is 2. The molecule has 1 atom stereocenters. The minimum absolute atomic E-state index is 0.0233. The summed E-state index contributed by atoms with van der Waals surface area (Å²) < 4.78 is 5.49. The van der Waals surface area contributed by atoms with Crippen LogP contribution in [0.1, 0.15) is 60.7 Å². The highest BCUT2D eigenvalue weighted by Gasteiger charge is 2.29. The van der Waals surface area contributed by atoms with E-state index in [0.717, 1.165) is 24.0 Å². The zero-order valence-electron chi connectivity index (χ0n) is 18.5. The summed E-state index contributed by atoms with van der Waals surface area (Å²) in [6, 6.07) is 7.21. The van der Waals surface area contributed by atoms with Crippen molar-refractivity contribution in [3.05, 3.63) is 40.8 Å². The maximum absolute atomic E-state index is 13.3. The van der Waals surface area contributed by atoms with Crippen molar-refractivity contribution in [3.63, 3.8) is 0 Å². The molecule has 7 nitrogen and oxygen atoms in total. The first-order chi connectivity index (χ1) is 15.2. The molecule has 8 heteroatoms. The molecular weight excluding hydrogens is 426 g/mol. The van der Waals surface area contributed by atoms with Crippen molar-refractivity contribution in [3.8, 4) is 10.7 Å². The summed E-state index contributed by atoms with van der Waals surface area (Å²) in [6.07, 6.45) is 2.46. The second-order valence-corrected chi connectivity index (χ2v) is 10.1. The van der Waals surface area contributed by atoms with Crippen LogP contribution in [0.4, 0.5) is 4.79 Å². The van der Waals surface area contributed by atoms with Gasteiger partial charge in [-0.3, -0.25) is 9.59 Å². The lowest BCUT2D eigenvalue weighted by Gasteiger charge is -2.34. The Kier molecular flexibility index (Phi) is 6.15. The molecule has 0 bridgehead atoms. The normalized spacial score (nSPS) is 16.8. The quantitative estimate of drug-likeness (QED) is 0.417. The number of ether oxygens (including phenoxy) is 1. The Labute approximate surface area is 190 Å². The van der Waals surface area contributed by atoms with Gasteiger partial charge in [0.25, 0.3) is 0 Å². The number of carbonyl (C=O) groups is 3.